The molecule has 0 aliphatic carbocycles. The van der Waals surface area contributed by atoms with Crippen molar-refractivity contribution < 1.29 is 18.7 Å². The summed E-state index contributed by atoms with van der Waals surface area (Å²) in [6.45, 7) is 1.96. The van der Waals surface area contributed by atoms with Crippen molar-refractivity contribution in [3.05, 3.63) is 101 Å². The lowest BCUT2D eigenvalue weighted by Crippen LogP contribution is -2.39. The van der Waals surface area contributed by atoms with E-state index in [-0.39, 0.29) is 18.5 Å². The zero-order valence-electron chi connectivity index (χ0n) is 16.9. The minimum atomic E-state index is -0.878. The van der Waals surface area contributed by atoms with Crippen molar-refractivity contribution in [3.63, 3.8) is 0 Å². The fraction of sp³-hybridized carbons (Fsp3) is 0.125. The monoisotopic (exact) mass is 419 g/mol. The zero-order chi connectivity index (χ0) is 22.1. The third-order valence-electron chi connectivity index (χ3n) is 4.43. The Morgan fingerprint density at radius 2 is 1.74 bits per heavy atom. The Morgan fingerprint density at radius 3 is 2.52 bits per heavy atom. The third kappa shape index (κ3) is 6.50. The summed E-state index contributed by atoms with van der Waals surface area (Å²) in [7, 11) is 0. The van der Waals surface area contributed by atoms with Crippen LogP contribution in [0.4, 0.5) is 4.39 Å². The zero-order valence-corrected chi connectivity index (χ0v) is 16.9. The van der Waals surface area contributed by atoms with Crippen molar-refractivity contribution in [2.24, 2.45) is 5.10 Å². The molecule has 0 bridgehead atoms. The number of hydrogen-bond donors (Lipinski definition) is 2. The number of nitrogens with one attached hydrogen (secondary N) is 2. The van der Waals surface area contributed by atoms with Gasteiger partial charge in [-0.2, -0.15) is 5.10 Å². The second-order valence-corrected chi connectivity index (χ2v) is 6.76. The van der Waals surface area contributed by atoms with Crippen molar-refractivity contribution in [2.75, 3.05) is 0 Å². The first-order valence-corrected chi connectivity index (χ1v) is 9.68. The lowest BCUT2D eigenvalue weighted by molar-refractivity contribution is -0.139. The van der Waals surface area contributed by atoms with Crippen LogP contribution in [-0.4, -0.2) is 18.0 Å². The van der Waals surface area contributed by atoms with E-state index in [0.29, 0.717) is 16.9 Å². The smallest absolute Gasteiger partial charge is 0.329 e. The standard InChI is InChI=1S/C24H22FN3O3/c1-17(19-9-3-2-4-10-19)27-23(29)24(30)28-26-15-20-11-5-6-13-22(20)31-16-18-8-7-12-21(25)14-18/h2-15,17H,16H2,1H3,(H,27,29)(H,28,30)/b26-15-/t17-/m0/s1. The Morgan fingerprint density at radius 1 is 1.00 bits per heavy atom. The molecule has 3 rings (SSSR count). The molecule has 0 aromatic heterocycles. The lowest BCUT2D eigenvalue weighted by Gasteiger charge is -2.13. The van der Waals surface area contributed by atoms with Gasteiger partial charge in [0.05, 0.1) is 12.3 Å². The average Bonchev–Trinajstić information content (AvgIpc) is 2.79. The van der Waals surface area contributed by atoms with E-state index in [1.165, 1.54) is 18.3 Å². The molecule has 7 heteroatoms. The highest BCUT2D eigenvalue weighted by atomic mass is 19.1. The Balaban J connectivity index is 1.55. The summed E-state index contributed by atoms with van der Waals surface area (Å²) in [5, 5.41) is 6.47. The van der Waals surface area contributed by atoms with Crippen molar-refractivity contribution >= 4 is 18.0 Å². The van der Waals surface area contributed by atoms with Gasteiger partial charge in [0.1, 0.15) is 18.2 Å². The van der Waals surface area contributed by atoms with Crippen LogP contribution in [0.2, 0.25) is 0 Å². The van der Waals surface area contributed by atoms with Crippen molar-refractivity contribution in [3.8, 4) is 5.75 Å². The van der Waals surface area contributed by atoms with E-state index in [9.17, 15) is 14.0 Å². The summed E-state index contributed by atoms with van der Waals surface area (Å²) in [6, 6.07) is 22.2. The molecular formula is C24H22FN3O3. The number of para-hydroxylation sites is 1. The predicted octanol–water partition coefficient (Wildman–Crippen LogP) is 3.73. The minimum Gasteiger partial charge on any atom is -0.488 e. The molecule has 3 aromatic rings. The Hall–Kier alpha value is -4.00. The number of rotatable bonds is 7. The maximum atomic E-state index is 13.3. The molecule has 0 aliphatic rings. The number of hydrazone groups is 1. The van der Waals surface area contributed by atoms with E-state index >= 15 is 0 Å². The van der Waals surface area contributed by atoms with Crippen molar-refractivity contribution in [2.45, 2.75) is 19.6 Å². The van der Waals surface area contributed by atoms with Gasteiger partial charge < -0.3 is 10.1 Å². The quantitative estimate of drug-likeness (QED) is 0.348. The normalized spacial score (nSPS) is 11.7. The Kier molecular flexibility index (Phi) is 7.48. The molecule has 1 atom stereocenters. The number of carbonyl (C=O) groups excluding carboxylic acids is 2. The molecule has 158 valence electrons. The molecule has 0 spiro atoms. The van der Waals surface area contributed by atoms with Gasteiger partial charge >= 0.3 is 11.8 Å². The van der Waals surface area contributed by atoms with Crippen LogP contribution >= 0.6 is 0 Å². The van der Waals surface area contributed by atoms with Crippen LogP contribution in [0.1, 0.15) is 29.7 Å². The number of benzene rings is 3. The number of amides is 2. The van der Waals surface area contributed by atoms with Crippen LogP contribution in [0.15, 0.2) is 84.0 Å². The van der Waals surface area contributed by atoms with E-state index in [4.69, 9.17) is 4.74 Å². The highest BCUT2D eigenvalue weighted by Gasteiger charge is 2.16. The van der Waals surface area contributed by atoms with Gasteiger partial charge in [-0.3, -0.25) is 9.59 Å². The summed E-state index contributed by atoms with van der Waals surface area (Å²) in [4.78, 5) is 24.1. The number of halogens is 1. The Labute approximate surface area is 179 Å². The molecule has 0 fully saturated rings. The van der Waals surface area contributed by atoms with Gasteiger partial charge in [0.25, 0.3) is 0 Å². The maximum Gasteiger partial charge on any atom is 0.329 e. The molecule has 0 radical (unpaired) electrons. The van der Waals surface area contributed by atoms with E-state index in [2.05, 4.69) is 15.8 Å². The van der Waals surface area contributed by atoms with Gasteiger partial charge in [-0.1, -0.05) is 54.6 Å². The summed E-state index contributed by atoms with van der Waals surface area (Å²) >= 11 is 0. The van der Waals surface area contributed by atoms with Crippen LogP contribution in [0.3, 0.4) is 0 Å². The molecular weight excluding hydrogens is 397 g/mol. The van der Waals surface area contributed by atoms with Gasteiger partial charge in [-0.25, -0.2) is 9.82 Å². The van der Waals surface area contributed by atoms with Crippen LogP contribution in [-0.2, 0) is 16.2 Å². The van der Waals surface area contributed by atoms with E-state index in [1.807, 2.05) is 30.3 Å². The van der Waals surface area contributed by atoms with Gasteiger partial charge in [-0.05, 0) is 42.3 Å². The SMILES string of the molecule is C[C@H](NC(=O)C(=O)N/N=C\c1ccccc1OCc1cccc(F)c1)c1ccccc1. The second kappa shape index (κ2) is 10.7. The lowest BCUT2D eigenvalue weighted by atomic mass is 10.1. The molecule has 2 amide bonds. The van der Waals surface area contributed by atoms with Gasteiger partial charge in [-0.15, -0.1) is 0 Å². The summed E-state index contributed by atoms with van der Waals surface area (Å²) in [5.41, 5.74) is 4.37. The second-order valence-electron chi connectivity index (χ2n) is 6.76. The van der Waals surface area contributed by atoms with Crippen LogP contribution in [0, 0.1) is 5.82 Å². The number of ether oxygens (including phenoxy) is 1. The van der Waals surface area contributed by atoms with Crippen LogP contribution < -0.4 is 15.5 Å². The van der Waals surface area contributed by atoms with Crippen molar-refractivity contribution in [1.29, 1.82) is 0 Å². The fourth-order valence-corrected chi connectivity index (χ4v) is 2.80. The summed E-state index contributed by atoms with van der Waals surface area (Å²) in [6.07, 6.45) is 1.38. The van der Waals surface area contributed by atoms with E-state index in [1.54, 1.807) is 43.3 Å². The fourth-order valence-electron chi connectivity index (χ4n) is 2.80. The van der Waals surface area contributed by atoms with Crippen LogP contribution in [0.25, 0.3) is 0 Å². The third-order valence-corrected chi connectivity index (χ3v) is 4.43. The van der Waals surface area contributed by atoms with Crippen molar-refractivity contribution in [1.82, 2.24) is 10.7 Å². The first kappa shape index (κ1) is 21.7. The minimum absolute atomic E-state index is 0.175. The number of hydrogen-bond acceptors (Lipinski definition) is 4. The highest BCUT2D eigenvalue weighted by Crippen LogP contribution is 2.18. The summed E-state index contributed by atoms with van der Waals surface area (Å²) < 4.78 is 19.0. The summed E-state index contributed by atoms with van der Waals surface area (Å²) in [5.74, 6) is -1.49. The molecule has 6 nitrogen and oxygen atoms in total. The van der Waals surface area contributed by atoms with E-state index < -0.39 is 11.8 Å². The maximum absolute atomic E-state index is 13.3. The van der Waals surface area contributed by atoms with E-state index in [0.717, 1.165) is 5.56 Å². The number of nitrogens with zero attached hydrogens (tertiary/aromatic N) is 1. The van der Waals surface area contributed by atoms with Gasteiger partial charge in [0.2, 0.25) is 0 Å². The molecule has 31 heavy (non-hydrogen) atoms. The average molecular weight is 419 g/mol. The first-order chi connectivity index (χ1) is 15.0. The molecule has 0 unspecified atom stereocenters. The van der Waals surface area contributed by atoms with Gasteiger partial charge in [0.15, 0.2) is 0 Å². The molecule has 0 saturated heterocycles. The predicted molar refractivity (Wildman–Crippen MR) is 116 cm³/mol. The number of carbonyl (C=O) groups is 2. The molecule has 0 aliphatic heterocycles. The first-order valence-electron chi connectivity index (χ1n) is 9.68. The van der Waals surface area contributed by atoms with Gasteiger partial charge in [0, 0.05) is 5.56 Å². The topological polar surface area (TPSA) is 79.8 Å². The molecule has 3 aromatic carbocycles. The molecule has 0 saturated carbocycles. The van der Waals surface area contributed by atoms with Crippen LogP contribution in [0.5, 0.6) is 5.75 Å². The molecule has 0 heterocycles. The highest BCUT2D eigenvalue weighted by molar-refractivity contribution is 6.35. The Bertz CT molecular complexity index is 1070. The molecule has 2 N–H and O–H groups in total. The largest absolute Gasteiger partial charge is 0.488 e.